The van der Waals surface area contributed by atoms with E-state index in [2.05, 4.69) is 31.7 Å². The van der Waals surface area contributed by atoms with Crippen LogP contribution in [0, 0.1) is 11.6 Å². The quantitative estimate of drug-likeness (QED) is 0.443. The third kappa shape index (κ3) is 4.88. The Labute approximate surface area is 200 Å². The zero-order chi connectivity index (χ0) is 24.6. The van der Waals surface area contributed by atoms with Crippen LogP contribution < -0.4 is 10.6 Å². The van der Waals surface area contributed by atoms with E-state index >= 15 is 0 Å². The van der Waals surface area contributed by atoms with Crippen molar-refractivity contribution in [2.75, 3.05) is 32.0 Å². The molecule has 3 amide bonds. The Balaban J connectivity index is 1.52. The van der Waals surface area contributed by atoms with Crippen LogP contribution in [0.3, 0.4) is 0 Å². The number of aromatic nitrogens is 2. The summed E-state index contributed by atoms with van der Waals surface area (Å²) >= 11 is 2.80. The zero-order valence-corrected chi connectivity index (χ0v) is 19.5. The molecule has 3 heterocycles. The molecule has 14 heteroatoms. The van der Waals surface area contributed by atoms with E-state index in [1.807, 2.05) is 0 Å². The minimum atomic E-state index is -2.51. The van der Waals surface area contributed by atoms with E-state index in [0.717, 1.165) is 17.2 Å². The van der Waals surface area contributed by atoms with Gasteiger partial charge in [0.2, 0.25) is 0 Å². The highest BCUT2D eigenvalue weighted by Crippen LogP contribution is 2.28. The number of carbonyl (C=O) groups excluding carboxylic acids is 2. The van der Waals surface area contributed by atoms with Crippen molar-refractivity contribution in [3.8, 4) is 0 Å². The minimum absolute atomic E-state index is 0.0361. The Morgan fingerprint density at radius 1 is 1.35 bits per heavy atom. The van der Waals surface area contributed by atoms with E-state index in [9.17, 15) is 27.2 Å². The average molecular weight is 549 g/mol. The fourth-order valence-corrected chi connectivity index (χ4v) is 4.24. The Morgan fingerprint density at radius 2 is 2.12 bits per heavy atom. The van der Waals surface area contributed by atoms with Gasteiger partial charge >= 0.3 is 6.03 Å². The molecule has 0 saturated heterocycles. The highest BCUT2D eigenvalue weighted by molar-refractivity contribution is 9.10. The molecular weight excluding hydrogens is 528 g/mol. The molecule has 0 radical (unpaired) electrons. The molecule has 0 saturated carbocycles. The molecule has 2 aromatic rings. The summed E-state index contributed by atoms with van der Waals surface area (Å²) in [5.41, 5.74) is 1.21. The number of hydrogen-bond donors (Lipinski definition) is 2. The van der Waals surface area contributed by atoms with E-state index in [1.165, 1.54) is 16.6 Å². The molecule has 1 atom stereocenters. The Hall–Kier alpha value is -2.71. The molecule has 9 nitrogen and oxygen atoms in total. The lowest BCUT2D eigenvalue weighted by Crippen LogP contribution is -2.40. The highest BCUT2D eigenvalue weighted by Gasteiger charge is 2.35. The number of fused-ring (bicyclic) bond motifs is 3. The van der Waals surface area contributed by atoms with Crippen LogP contribution in [0.2, 0.25) is 0 Å². The van der Waals surface area contributed by atoms with E-state index in [1.54, 1.807) is 0 Å². The first kappa shape index (κ1) is 24.4. The van der Waals surface area contributed by atoms with Crippen LogP contribution in [-0.4, -0.2) is 70.9 Å². The van der Waals surface area contributed by atoms with Gasteiger partial charge in [-0.15, -0.1) is 0 Å². The average Bonchev–Trinajstić information content (AvgIpc) is 3.09. The topological polar surface area (TPSA) is 91.7 Å². The zero-order valence-electron chi connectivity index (χ0n) is 18.0. The van der Waals surface area contributed by atoms with E-state index < -0.39 is 42.6 Å². The van der Waals surface area contributed by atoms with Crippen LogP contribution in [0.5, 0.6) is 0 Å². The Bertz CT molecular complexity index is 1110. The molecule has 2 N–H and O–H groups in total. The largest absolute Gasteiger partial charge is 0.322 e. The Kier molecular flexibility index (Phi) is 7.09. The van der Waals surface area contributed by atoms with Crippen molar-refractivity contribution >= 4 is 33.6 Å². The standard InChI is InChI=1S/C20H21BrF4N6O3/c1-29-19(32)18-11-9-30(20(33)27-14-3-2-12(22)16(21)17(14)25)5-4-13(11)28-31(18)8-10(34-29)6-26-7-15(23)24/h2-3,10,15,26H,4-9H2,1H3,(H,27,33)/t10-/m0/s1. The molecule has 1 aromatic carbocycles. The summed E-state index contributed by atoms with van der Waals surface area (Å²) in [6.07, 6.45) is -2.78. The minimum Gasteiger partial charge on any atom is -0.320 e. The van der Waals surface area contributed by atoms with Gasteiger partial charge in [-0.25, -0.2) is 27.4 Å². The number of hydrogen-bond acceptors (Lipinski definition) is 5. The van der Waals surface area contributed by atoms with Gasteiger partial charge in [0.05, 0.1) is 35.5 Å². The van der Waals surface area contributed by atoms with Crippen LogP contribution in [0.15, 0.2) is 16.6 Å². The maximum atomic E-state index is 14.3. The highest BCUT2D eigenvalue weighted by atomic mass is 79.9. The summed E-state index contributed by atoms with van der Waals surface area (Å²) in [5.74, 6) is -2.22. The van der Waals surface area contributed by atoms with Gasteiger partial charge in [-0.05, 0) is 28.1 Å². The van der Waals surface area contributed by atoms with Crippen molar-refractivity contribution in [2.45, 2.75) is 32.0 Å². The summed E-state index contributed by atoms with van der Waals surface area (Å²) in [4.78, 5) is 32.7. The van der Waals surface area contributed by atoms with Crippen LogP contribution in [0.1, 0.15) is 21.7 Å². The van der Waals surface area contributed by atoms with Crippen molar-refractivity contribution in [3.63, 3.8) is 0 Å². The maximum Gasteiger partial charge on any atom is 0.322 e. The molecule has 184 valence electrons. The fourth-order valence-electron chi connectivity index (χ4n) is 3.89. The van der Waals surface area contributed by atoms with Gasteiger partial charge in [0, 0.05) is 32.1 Å². The number of urea groups is 1. The molecular formula is C20H21BrF4N6O3. The number of nitrogens with zero attached hydrogens (tertiary/aromatic N) is 4. The number of hydroxylamine groups is 2. The second-order valence-corrected chi connectivity index (χ2v) is 8.65. The second-order valence-electron chi connectivity index (χ2n) is 7.86. The van der Waals surface area contributed by atoms with Crippen LogP contribution in [0.4, 0.5) is 28.0 Å². The maximum absolute atomic E-state index is 14.3. The van der Waals surface area contributed by atoms with Gasteiger partial charge in [-0.3, -0.25) is 14.3 Å². The van der Waals surface area contributed by atoms with Gasteiger partial charge in [0.1, 0.15) is 17.6 Å². The number of carbonyl (C=O) groups is 2. The number of nitrogens with one attached hydrogen (secondary N) is 2. The predicted molar refractivity (Wildman–Crippen MR) is 115 cm³/mol. The van der Waals surface area contributed by atoms with Crippen molar-refractivity contribution in [2.24, 2.45) is 0 Å². The number of anilines is 1. The van der Waals surface area contributed by atoms with Gasteiger partial charge < -0.3 is 15.5 Å². The van der Waals surface area contributed by atoms with Gasteiger partial charge in [-0.1, -0.05) is 0 Å². The van der Waals surface area contributed by atoms with E-state index in [0.29, 0.717) is 17.7 Å². The summed E-state index contributed by atoms with van der Waals surface area (Å²) in [6.45, 7) is 0.0255. The number of amides is 3. The molecule has 0 fully saturated rings. The van der Waals surface area contributed by atoms with Crippen molar-refractivity contribution in [3.05, 3.63) is 45.2 Å². The summed E-state index contributed by atoms with van der Waals surface area (Å²) in [7, 11) is 1.42. The number of benzene rings is 1. The molecule has 2 aliphatic heterocycles. The third-order valence-electron chi connectivity index (χ3n) is 5.51. The second kappa shape index (κ2) is 9.88. The monoisotopic (exact) mass is 548 g/mol. The molecule has 0 bridgehead atoms. The van der Waals surface area contributed by atoms with Gasteiger partial charge in [0.25, 0.3) is 12.3 Å². The summed E-state index contributed by atoms with van der Waals surface area (Å²) in [6, 6.07) is 1.52. The number of rotatable bonds is 5. The fraction of sp³-hybridized carbons (Fsp3) is 0.450. The first-order valence-corrected chi connectivity index (χ1v) is 11.2. The van der Waals surface area contributed by atoms with Crippen molar-refractivity contribution < 1.29 is 32.0 Å². The lowest BCUT2D eigenvalue weighted by molar-refractivity contribution is -0.146. The lowest BCUT2D eigenvalue weighted by atomic mass is 10.1. The van der Waals surface area contributed by atoms with Crippen LogP contribution >= 0.6 is 15.9 Å². The molecule has 2 aliphatic rings. The predicted octanol–water partition coefficient (Wildman–Crippen LogP) is 2.75. The summed E-state index contributed by atoms with van der Waals surface area (Å²) < 4.78 is 53.7. The molecule has 0 unspecified atom stereocenters. The number of alkyl halides is 2. The van der Waals surface area contributed by atoms with E-state index in [-0.39, 0.29) is 42.0 Å². The first-order valence-electron chi connectivity index (χ1n) is 10.4. The number of halogens is 5. The van der Waals surface area contributed by atoms with E-state index in [4.69, 9.17) is 4.84 Å². The van der Waals surface area contributed by atoms with Gasteiger partial charge in [-0.2, -0.15) is 5.10 Å². The van der Waals surface area contributed by atoms with Crippen molar-refractivity contribution in [1.29, 1.82) is 0 Å². The molecule has 0 aliphatic carbocycles. The van der Waals surface area contributed by atoms with Crippen LogP contribution in [0.25, 0.3) is 0 Å². The SMILES string of the molecule is CN1O[C@@H](CNCC(F)F)Cn2nc3c(c2C1=O)CN(C(=O)Nc1ccc(F)c(Br)c1F)CC3. The molecule has 34 heavy (non-hydrogen) atoms. The molecule has 0 spiro atoms. The third-order valence-corrected chi connectivity index (χ3v) is 6.24. The first-order chi connectivity index (χ1) is 16.2. The Morgan fingerprint density at radius 3 is 2.85 bits per heavy atom. The molecule has 4 rings (SSSR count). The van der Waals surface area contributed by atoms with Crippen molar-refractivity contribution in [1.82, 2.24) is 25.1 Å². The van der Waals surface area contributed by atoms with Crippen LogP contribution in [-0.2, 0) is 24.3 Å². The smallest absolute Gasteiger partial charge is 0.320 e. The lowest BCUT2D eigenvalue weighted by Gasteiger charge is -2.27. The van der Waals surface area contributed by atoms with Gasteiger partial charge in [0.15, 0.2) is 5.82 Å². The summed E-state index contributed by atoms with van der Waals surface area (Å²) in [5, 5.41) is 10.5. The normalized spacial score (nSPS) is 18.1. The molecule has 1 aromatic heterocycles.